The molecule has 1 aromatic carbocycles. The number of aromatic nitrogens is 1. The Morgan fingerprint density at radius 3 is 2.55 bits per heavy atom. The maximum absolute atomic E-state index is 11.6. The van der Waals surface area contributed by atoms with Gasteiger partial charge in [-0.1, -0.05) is 35.3 Å². The van der Waals surface area contributed by atoms with Gasteiger partial charge in [0, 0.05) is 22.4 Å². The molecule has 0 aliphatic heterocycles. The Morgan fingerprint density at radius 1 is 1.10 bits per heavy atom. The summed E-state index contributed by atoms with van der Waals surface area (Å²) in [6, 6.07) is 10.0. The lowest BCUT2D eigenvalue weighted by Gasteiger charge is -2.03. The number of halogens is 2. The van der Waals surface area contributed by atoms with E-state index >= 15 is 0 Å². The molecule has 0 atom stereocenters. The number of pyridine rings is 1. The van der Waals surface area contributed by atoms with Crippen molar-refractivity contribution in [2.24, 2.45) is 0 Å². The van der Waals surface area contributed by atoms with Crippen molar-refractivity contribution in [2.45, 2.75) is 0 Å². The predicted octanol–water partition coefficient (Wildman–Crippen LogP) is 4.18. The minimum atomic E-state index is -0.398. The van der Waals surface area contributed by atoms with Gasteiger partial charge in [0.25, 0.3) is 0 Å². The largest absolute Gasteiger partial charge is 0.324 e. The van der Waals surface area contributed by atoms with Gasteiger partial charge in [0.05, 0.1) is 0 Å². The van der Waals surface area contributed by atoms with Crippen LogP contribution >= 0.6 is 23.2 Å². The Labute approximate surface area is 126 Å². The summed E-state index contributed by atoms with van der Waals surface area (Å²) in [5.74, 6) is 0.384. The first kappa shape index (κ1) is 14.4. The molecule has 6 heteroatoms. The van der Waals surface area contributed by atoms with Crippen LogP contribution < -0.4 is 10.6 Å². The van der Waals surface area contributed by atoms with E-state index in [0.29, 0.717) is 15.9 Å². The maximum atomic E-state index is 11.6. The second-order valence-electron chi connectivity index (χ2n) is 3.84. The molecule has 0 bridgehead atoms. The molecular weight excluding hydrogens is 297 g/mol. The molecule has 2 rings (SSSR count). The minimum absolute atomic E-state index is 0.384. The Balaban J connectivity index is 1.87. The smallest absolute Gasteiger partial charge is 0.314 e. The molecule has 0 spiro atoms. The fourth-order valence-corrected chi connectivity index (χ4v) is 1.70. The van der Waals surface area contributed by atoms with Crippen molar-refractivity contribution in [1.29, 1.82) is 0 Å². The highest BCUT2D eigenvalue weighted by molar-refractivity contribution is 6.31. The number of hydrogen-bond donors (Lipinski definition) is 2. The first-order valence-corrected chi connectivity index (χ1v) is 6.50. The van der Waals surface area contributed by atoms with E-state index in [1.54, 1.807) is 30.3 Å². The average molecular weight is 308 g/mol. The van der Waals surface area contributed by atoms with Crippen molar-refractivity contribution in [3.8, 4) is 0 Å². The molecule has 0 saturated carbocycles. The van der Waals surface area contributed by atoms with E-state index in [1.807, 2.05) is 12.1 Å². The number of hydrogen-bond acceptors (Lipinski definition) is 2. The van der Waals surface area contributed by atoms with E-state index in [-0.39, 0.29) is 0 Å². The Kier molecular flexibility index (Phi) is 4.98. The van der Waals surface area contributed by atoms with Gasteiger partial charge in [0.2, 0.25) is 0 Å². The normalized spacial score (nSPS) is 10.5. The Hall–Kier alpha value is -2.04. The van der Waals surface area contributed by atoms with E-state index in [4.69, 9.17) is 23.2 Å². The maximum Gasteiger partial charge on any atom is 0.324 e. The van der Waals surface area contributed by atoms with Gasteiger partial charge < -0.3 is 5.32 Å². The molecule has 0 aliphatic carbocycles. The number of anilines is 1. The highest BCUT2D eigenvalue weighted by atomic mass is 35.5. The molecule has 102 valence electrons. The molecule has 20 heavy (non-hydrogen) atoms. The van der Waals surface area contributed by atoms with Crippen LogP contribution in [0.25, 0.3) is 6.08 Å². The highest BCUT2D eigenvalue weighted by Crippen LogP contribution is 2.12. The average Bonchev–Trinajstić information content (AvgIpc) is 2.41. The fourth-order valence-electron chi connectivity index (χ4n) is 1.41. The lowest BCUT2D eigenvalue weighted by atomic mass is 10.2. The summed E-state index contributed by atoms with van der Waals surface area (Å²) in [6.45, 7) is 0. The summed E-state index contributed by atoms with van der Waals surface area (Å²) in [4.78, 5) is 15.6. The Morgan fingerprint density at radius 2 is 1.85 bits per heavy atom. The molecule has 2 aromatic rings. The number of amides is 2. The molecule has 2 N–H and O–H groups in total. The van der Waals surface area contributed by atoms with Crippen LogP contribution in [0, 0.1) is 0 Å². The third-order valence-electron chi connectivity index (χ3n) is 2.32. The van der Waals surface area contributed by atoms with Crippen LogP contribution in [0.4, 0.5) is 10.6 Å². The van der Waals surface area contributed by atoms with Crippen molar-refractivity contribution in [3.63, 3.8) is 0 Å². The van der Waals surface area contributed by atoms with E-state index < -0.39 is 6.03 Å². The first-order valence-electron chi connectivity index (χ1n) is 5.75. The van der Waals surface area contributed by atoms with Crippen LogP contribution in [-0.2, 0) is 0 Å². The van der Waals surface area contributed by atoms with Gasteiger partial charge in [0.1, 0.15) is 5.82 Å². The lowest BCUT2D eigenvalue weighted by molar-refractivity contribution is 0.255. The van der Waals surface area contributed by atoms with E-state index in [9.17, 15) is 4.79 Å². The summed E-state index contributed by atoms with van der Waals surface area (Å²) in [5, 5.41) is 6.30. The van der Waals surface area contributed by atoms with Crippen molar-refractivity contribution < 1.29 is 4.79 Å². The SMILES string of the molecule is O=C(N/C=C/c1ccc(Cl)cc1)Nc1cc(Cl)ccn1. The standard InChI is InChI=1S/C14H11Cl2N3O/c15-11-3-1-10(2-4-11)5-7-18-14(20)19-13-9-12(16)6-8-17-13/h1-9H,(H2,17,18,19,20)/b7-5+. The van der Waals surface area contributed by atoms with Gasteiger partial charge in [-0.2, -0.15) is 0 Å². The molecule has 2 amide bonds. The summed E-state index contributed by atoms with van der Waals surface area (Å²) in [5.41, 5.74) is 0.926. The molecule has 4 nitrogen and oxygen atoms in total. The first-order chi connectivity index (χ1) is 9.63. The van der Waals surface area contributed by atoms with Crippen LogP contribution in [0.3, 0.4) is 0 Å². The van der Waals surface area contributed by atoms with Crippen molar-refractivity contribution >= 4 is 41.1 Å². The molecular formula is C14H11Cl2N3O. The number of rotatable bonds is 3. The lowest BCUT2D eigenvalue weighted by Crippen LogP contribution is -2.24. The monoisotopic (exact) mass is 307 g/mol. The number of benzene rings is 1. The summed E-state index contributed by atoms with van der Waals surface area (Å²) in [7, 11) is 0. The highest BCUT2D eigenvalue weighted by Gasteiger charge is 2.00. The number of carbonyl (C=O) groups excluding carboxylic acids is 1. The zero-order valence-corrected chi connectivity index (χ0v) is 11.8. The van der Waals surface area contributed by atoms with E-state index in [2.05, 4.69) is 15.6 Å². The molecule has 0 saturated heterocycles. The second-order valence-corrected chi connectivity index (χ2v) is 4.72. The zero-order valence-electron chi connectivity index (χ0n) is 10.3. The minimum Gasteiger partial charge on any atom is -0.314 e. The van der Waals surface area contributed by atoms with Gasteiger partial charge in [-0.15, -0.1) is 0 Å². The summed E-state index contributed by atoms with van der Waals surface area (Å²) >= 11 is 11.6. The topological polar surface area (TPSA) is 54.0 Å². The summed E-state index contributed by atoms with van der Waals surface area (Å²) in [6.07, 6.45) is 4.80. The number of nitrogens with one attached hydrogen (secondary N) is 2. The van der Waals surface area contributed by atoms with Crippen LogP contribution in [0.5, 0.6) is 0 Å². The third kappa shape index (κ3) is 4.57. The molecule has 0 unspecified atom stereocenters. The van der Waals surface area contributed by atoms with Gasteiger partial charge in [0.15, 0.2) is 0 Å². The molecule has 0 radical (unpaired) electrons. The van der Waals surface area contributed by atoms with Gasteiger partial charge in [-0.3, -0.25) is 5.32 Å². The third-order valence-corrected chi connectivity index (χ3v) is 2.81. The van der Waals surface area contributed by atoms with E-state index in [1.165, 1.54) is 12.4 Å². The molecule has 0 fully saturated rings. The molecule has 0 aliphatic rings. The van der Waals surface area contributed by atoms with Crippen molar-refractivity contribution in [2.75, 3.05) is 5.32 Å². The van der Waals surface area contributed by atoms with Crippen LogP contribution in [0.1, 0.15) is 5.56 Å². The van der Waals surface area contributed by atoms with Gasteiger partial charge >= 0.3 is 6.03 Å². The predicted molar refractivity (Wildman–Crippen MR) is 81.9 cm³/mol. The van der Waals surface area contributed by atoms with Gasteiger partial charge in [-0.25, -0.2) is 9.78 Å². The fraction of sp³-hybridized carbons (Fsp3) is 0. The van der Waals surface area contributed by atoms with E-state index in [0.717, 1.165) is 5.56 Å². The summed E-state index contributed by atoms with van der Waals surface area (Å²) < 4.78 is 0. The van der Waals surface area contributed by atoms with Crippen LogP contribution in [0.15, 0.2) is 48.8 Å². The Bertz CT molecular complexity index is 627. The van der Waals surface area contributed by atoms with Crippen LogP contribution in [0.2, 0.25) is 10.0 Å². The van der Waals surface area contributed by atoms with Crippen molar-refractivity contribution in [3.05, 3.63) is 64.4 Å². The number of urea groups is 1. The number of carbonyl (C=O) groups is 1. The van der Waals surface area contributed by atoms with Gasteiger partial charge in [-0.05, 0) is 35.9 Å². The van der Waals surface area contributed by atoms with Crippen LogP contribution in [-0.4, -0.2) is 11.0 Å². The second kappa shape index (κ2) is 6.93. The molecule has 1 heterocycles. The zero-order chi connectivity index (χ0) is 14.4. The molecule has 1 aromatic heterocycles. The van der Waals surface area contributed by atoms with Crippen molar-refractivity contribution in [1.82, 2.24) is 10.3 Å². The quantitative estimate of drug-likeness (QED) is 0.893. The number of nitrogens with zero attached hydrogens (tertiary/aromatic N) is 1.